The van der Waals surface area contributed by atoms with E-state index in [1.165, 1.54) is 10.1 Å². The van der Waals surface area contributed by atoms with Crippen LogP contribution in [0.1, 0.15) is 33.1 Å². The number of likely N-dealkylation sites (N-methyl/N-ethyl adjacent to an activating group) is 1. The number of nitrogens with zero attached hydrogens (tertiary/aromatic N) is 1. The van der Waals surface area contributed by atoms with Gasteiger partial charge in [-0.2, -0.15) is 0 Å². The molecule has 0 aromatic carbocycles. The van der Waals surface area contributed by atoms with Gasteiger partial charge in [0, 0.05) is 18.7 Å². The molecule has 0 bridgehead atoms. The normalized spacial score (nSPS) is 16.0. The Morgan fingerprint density at radius 3 is 2.50 bits per heavy atom. The molecule has 22 heavy (non-hydrogen) atoms. The molecule has 0 aliphatic carbocycles. The van der Waals surface area contributed by atoms with Crippen molar-refractivity contribution in [1.82, 2.24) is 10.2 Å². The second-order valence-corrected chi connectivity index (χ2v) is 6.16. The predicted octanol–water partition coefficient (Wildman–Crippen LogP) is 3.95. The molecule has 1 aliphatic rings. The van der Waals surface area contributed by atoms with Crippen molar-refractivity contribution < 1.29 is 4.79 Å². The van der Waals surface area contributed by atoms with Gasteiger partial charge in [0.05, 0.1) is 0 Å². The first-order valence-corrected chi connectivity index (χ1v) is 8.78. The van der Waals surface area contributed by atoms with E-state index in [9.17, 15) is 4.79 Å². The third kappa shape index (κ3) is 5.93. The number of allylic oxidation sites excluding steroid dienone is 4. The third-order valence-electron chi connectivity index (χ3n) is 3.78. The lowest BCUT2D eigenvalue weighted by atomic mass is 10.0. The molecule has 0 radical (unpaired) electrons. The highest BCUT2D eigenvalue weighted by Gasteiger charge is 2.12. The summed E-state index contributed by atoms with van der Waals surface area (Å²) >= 11 is 3.69. The molecule has 1 rings (SSSR count). The van der Waals surface area contributed by atoms with Crippen molar-refractivity contribution in [3.8, 4) is 0 Å². The minimum atomic E-state index is 0.0618. The van der Waals surface area contributed by atoms with Gasteiger partial charge in [0.15, 0.2) is 0 Å². The van der Waals surface area contributed by atoms with Gasteiger partial charge in [-0.3, -0.25) is 4.79 Å². The summed E-state index contributed by atoms with van der Waals surface area (Å²) in [5, 5.41) is 3.36. The van der Waals surface area contributed by atoms with Crippen LogP contribution >= 0.6 is 15.9 Å². The van der Waals surface area contributed by atoms with E-state index in [4.69, 9.17) is 0 Å². The van der Waals surface area contributed by atoms with E-state index >= 15 is 0 Å². The van der Waals surface area contributed by atoms with Gasteiger partial charge < -0.3 is 10.2 Å². The molecule has 1 saturated heterocycles. The van der Waals surface area contributed by atoms with Gasteiger partial charge in [0.25, 0.3) is 5.91 Å². The molecule has 1 fully saturated rings. The summed E-state index contributed by atoms with van der Waals surface area (Å²) in [6.45, 7) is 11.2. The zero-order chi connectivity index (χ0) is 16.4. The number of carbonyl (C=O) groups is 1. The minimum absolute atomic E-state index is 0.0618. The first kappa shape index (κ1) is 18.9. The summed E-state index contributed by atoms with van der Waals surface area (Å²) in [7, 11) is 0. The van der Waals surface area contributed by atoms with Gasteiger partial charge in [0.2, 0.25) is 0 Å². The van der Waals surface area contributed by atoms with Crippen molar-refractivity contribution in [2.75, 3.05) is 26.2 Å². The van der Waals surface area contributed by atoms with Crippen LogP contribution in [-0.4, -0.2) is 37.0 Å². The Kier molecular flexibility index (Phi) is 9.09. The SMILES string of the molecule is C=C/C=C(\C=C/CC(Br)=C1CCNCC1)C(=O)N(CC)CC. The van der Waals surface area contributed by atoms with Crippen LogP contribution in [0.15, 0.2) is 46.5 Å². The maximum Gasteiger partial charge on any atom is 0.253 e. The van der Waals surface area contributed by atoms with E-state index in [0.717, 1.165) is 45.4 Å². The van der Waals surface area contributed by atoms with E-state index in [1.807, 2.05) is 24.8 Å². The standard InChI is InChI=1S/C18H27BrN2O/c1-4-8-16(18(22)21(5-2)6-3)9-7-10-17(19)15-11-13-20-14-12-15/h4,7-9,20H,1,5-6,10-14H2,2-3H3/b9-7-,16-8+. The molecule has 0 aromatic rings. The molecule has 4 heteroatoms. The number of nitrogens with one attached hydrogen (secondary N) is 1. The van der Waals surface area contributed by atoms with Crippen LogP contribution in [0.3, 0.4) is 0 Å². The fraction of sp³-hybridized carbons (Fsp3) is 0.500. The van der Waals surface area contributed by atoms with Crippen molar-refractivity contribution in [2.24, 2.45) is 0 Å². The van der Waals surface area contributed by atoms with E-state index < -0.39 is 0 Å². The molecular weight excluding hydrogens is 340 g/mol. The van der Waals surface area contributed by atoms with Gasteiger partial charge in [-0.25, -0.2) is 0 Å². The summed E-state index contributed by atoms with van der Waals surface area (Å²) in [5.74, 6) is 0.0618. The Morgan fingerprint density at radius 1 is 1.32 bits per heavy atom. The Bertz CT molecular complexity index is 465. The Labute approximate surface area is 143 Å². The summed E-state index contributed by atoms with van der Waals surface area (Å²) in [6.07, 6.45) is 10.4. The summed E-state index contributed by atoms with van der Waals surface area (Å²) in [6, 6.07) is 0. The molecular formula is C18H27BrN2O. The van der Waals surface area contributed by atoms with Gasteiger partial charge in [0.1, 0.15) is 0 Å². The van der Waals surface area contributed by atoms with Gasteiger partial charge in [-0.05, 0) is 50.7 Å². The fourth-order valence-electron chi connectivity index (χ4n) is 2.45. The Balaban J connectivity index is 2.72. The lowest BCUT2D eigenvalue weighted by molar-refractivity contribution is -0.126. The lowest BCUT2D eigenvalue weighted by Crippen LogP contribution is -2.31. The molecule has 0 atom stereocenters. The second kappa shape index (κ2) is 10.6. The molecule has 0 unspecified atom stereocenters. The maximum atomic E-state index is 12.4. The number of piperidine rings is 1. The number of amides is 1. The van der Waals surface area contributed by atoms with Crippen LogP contribution in [0.25, 0.3) is 0 Å². The van der Waals surface area contributed by atoms with E-state index in [2.05, 4.69) is 33.9 Å². The highest BCUT2D eigenvalue weighted by molar-refractivity contribution is 9.11. The van der Waals surface area contributed by atoms with Crippen molar-refractivity contribution in [3.05, 3.63) is 46.5 Å². The quantitative estimate of drug-likeness (QED) is 0.546. The van der Waals surface area contributed by atoms with Crippen molar-refractivity contribution in [1.29, 1.82) is 0 Å². The lowest BCUT2D eigenvalue weighted by Gasteiger charge is -2.19. The minimum Gasteiger partial charge on any atom is -0.339 e. The van der Waals surface area contributed by atoms with Crippen molar-refractivity contribution in [3.63, 3.8) is 0 Å². The summed E-state index contributed by atoms with van der Waals surface area (Å²) in [5.41, 5.74) is 2.17. The highest BCUT2D eigenvalue weighted by atomic mass is 79.9. The molecule has 3 nitrogen and oxygen atoms in total. The molecule has 0 saturated carbocycles. The molecule has 0 spiro atoms. The fourth-order valence-corrected chi connectivity index (χ4v) is 3.04. The summed E-state index contributed by atoms with van der Waals surface area (Å²) in [4.78, 5) is 14.2. The smallest absolute Gasteiger partial charge is 0.253 e. The molecule has 122 valence electrons. The van der Waals surface area contributed by atoms with Crippen LogP contribution in [0, 0.1) is 0 Å². The molecule has 1 heterocycles. The zero-order valence-corrected chi connectivity index (χ0v) is 15.3. The first-order valence-electron chi connectivity index (χ1n) is 7.99. The number of hydrogen-bond acceptors (Lipinski definition) is 2. The highest BCUT2D eigenvalue weighted by Crippen LogP contribution is 2.23. The monoisotopic (exact) mass is 366 g/mol. The van der Waals surface area contributed by atoms with Crippen molar-refractivity contribution in [2.45, 2.75) is 33.1 Å². The molecule has 1 aliphatic heterocycles. The van der Waals surface area contributed by atoms with E-state index in [-0.39, 0.29) is 5.91 Å². The summed E-state index contributed by atoms with van der Waals surface area (Å²) < 4.78 is 1.25. The average Bonchev–Trinajstić information content (AvgIpc) is 2.55. The van der Waals surface area contributed by atoms with Crippen LogP contribution in [0.5, 0.6) is 0 Å². The molecule has 0 aromatic heterocycles. The molecule has 1 N–H and O–H groups in total. The third-order valence-corrected chi connectivity index (χ3v) is 4.66. The first-order chi connectivity index (χ1) is 10.6. The Morgan fingerprint density at radius 2 is 1.95 bits per heavy atom. The van der Waals surface area contributed by atoms with Crippen LogP contribution in [-0.2, 0) is 4.79 Å². The largest absolute Gasteiger partial charge is 0.339 e. The van der Waals surface area contributed by atoms with Crippen LogP contribution in [0.4, 0.5) is 0 Å². The maximum absolute atomic E-state index is 12.4. The van der Waals surface area contributed by atoms with Crippen molar-refractivity contribution >= 4 is 21.8 Å². The molecule has 1 amide bonds. The zero-order valence-electron chi connectivity index (χ0n) is 13.7. The van der Waals surface area contributed by atoms with Crippen LogP contribution < -0.4 is 5.32 Å². The average molecular weight is 367 g/mol. The van der Waals surface area contributed by atoms with Gasteiger partial charge in [-0.15, -0.1) is 0 Å². The van der Waals surface area contributed by atoms with E-state index in [1.54, 1.807) is 12.2 Å². The number of hydrogen-bond donors (Lipinski definition) is 1. The Hall–Kier alpha value is -1.13. The number of halogens is 1. The van der Waals surface area contributed by atoms with Gasteiger partial charge in [-0.1, -0.05) is 52.4 Å². The van der Waals surface area contributed by atoms with E-state index in [0.29, 0.717) is 5.57 Å². The predicted molar refractivity (Wildman–Crippen MR) is 98.0 cm³/mol. The topological polar surface area (TPSA) is 32.3 Å². The number of carbonyl (C=O) groups excluding carboxylic acids is 1. The second-order valence-electron chi connectivity index (χ2n) is 5.20. The van der Waals surface area contributed by atoms with Crippen LogP contribution in [0.2, 0.25) is 0 Å². The van der Waals surface area contributed by atoms with Gasteiger partial charge >= 0.3 is 0 Å². The number of rotatable bonds is 7.